The second kappa shape index (κ2) is 5.94. The standard InChI is InChI=1S/C14H23N3O/c1-4-15-14(17-12-6-5-7-12)16-11(3)13-9-8-10(2)18-13/h8-9,11-12H,4-7H2,1-3H3,(H2,15,16,17). The molecule has 4 nitrogen and oxygen atoms in total. The zero-order valence-corrected chi connectivity index (χ0v) is 11.5. The fourth-order valence-electron chi connectivity index (χ4n) is 2.00. The summed E-state index contributed by atoms with van der Waals surface area (Å²) in [6.45, 7) is 6.88. The van der Waals surface area contributed by atoms with Crippen molar-refractivity contribution in [3.05, 3.63) is 23.7 Å². The topological polar surface area (TPSA) is 49.6 Å². The van der Waals surface area contributed by atoms with Crippen molar-refractivity contribution >= 4 is 5.96 Å². The van der Waals surface area contributed by atoms with Crippen LogP contribution in [0.2, 0.25) is 0 Å². The van der Waals surface area contributed by atoms with Crippen LogP contribution in [0.4, 0.5) is 0 Å². The van der Waals surface area contributed by atoms with E-state index in [1.807, 2.05) is 26.0 Å². The van der Waals surface area contributed by atoms with E-state index in [-0.39, 0.29) is 6.04 Å². The van der Waals surface area contributed by atoms with Gasteiger partial charge in [0.05, 0.1) is 6.04 Å². The van der Waals surface area contributed by atoms with Crippen molar-refractivity contribution < 1.29 is 4.42 Å². The van der Waals surface area contributed by atoms with Gasteiger partial charge in [-0.25, -0.2) is 0 Å². The molecule has 1 aromatic rings. The molecule has 1 aliphatic rings. The van der Waals surface area contributed by atoms with Crippen molar-refractivity contribution in [1.29, 1.82) is 0 Å². The van der Waals surface area contributed by atoms with Crippen molar-refractivity contribution in [2.24, 2.45) is 4.99 Å². The molecule has 4 heteroatoms. The lowest BCUT2D eigenvalue weighted by molar-refractivity contribution is 0.375. The number of hydrogen-bond donors (Lipinski definition) is 2. The van der Waals surface area contributed by atoms with E-state index in [1.54, 1.807) is 0 Å². The molecular formula is C14H23N3O. The minimum Gasteiger partial charge on any atom is -0.464 e. The van der Waals surface area contributed by atoms with E-state index in [4.69, 9.17) is 4.42 Å². The Morgan fingerprint density at radius 3 is 2.78 bits per heavy atom. The lowest BCUT2D eigenvalue weighted by atomic mass is 9.93. The van der Waals surface area contributed by atoms with Gasteiger partial charge in [0, 0.05) is 12.6 Å². The molecule has 0 radical (unpaired) electrons. The molecule has 1 saturated carbocycles. The Morgan fingerprint density at radius 1 is 1.50 bits per heavy atom. The third-order valence-electron chi connectivity index (χ3n) is 3.30. The summed E-state index contributed by atoms with van der Waals surface area (Å²) in [5.41, 5.74) is 0. The van der Waals surface area contributed by atoms with Gasteiger partial charge in [0.1, 0.15) is 11.5 Å². The van der Waals surface area contributed by atoms with E-state index in [9.17, 15) is 0 Å². The summed E-state index contributed by atoms with van der Waals surface area (Å²) in [6.07, 6.45) is 3.82. The number of rotatable bonds is 4. The van der Waals surface area contributed by atoms with Gasteiger partial charge in [-0.15, -0.1) is 0 Å². The number of nitrogens with one attached hydrogen (secondary N) is 2. The average Bonchev–Trinajstić information content (AvgIpc) is 2.70. The molecule has 100 valence electrons. The van der Waals surface area contributed by atoms with Gasteiger partial charge in [-0.1, -0.05) is 0 Å². The largest absolute Gasteiger partial charge is 0.464 e. The number of guanidine groups is 1. The van der Waals surface area contributed by atoms with Crippen LogP contribution < -0.4 is 10.6 Å². The van der Waals surface area contributed by atoms with Crippen LogP contribution in [0.15, 0.2) is 21.5 Å². The Kier molecular flexibility index (Phi) is 4.28. The van der Waals surface area contributed by atoms with Gasteiger partial charge < -0.3 is 15.1 Å². The highest BCUT2D eigenvalue weighted by atomic mass is 16.3. The smallest absolute Gasteiger partial charge is 0.192 e. The van der Waals surface area contributed by atoms with Crippen molar-refractivity contribution in [2.45, 2.75) is 52.1 Å². The minimum atomic E-state index is 0.136. The highest BCUT2D eigenvalue weighted by Gasteiger charge is 2.19. The molecular weight excluding hydrogens is 226 g/mol. The molecule has 1 aromatic heterocycles. The molecule has 2 N–H and O–H groups in total. The summed E-state index contributed by atoms with van der Waals surface area (Å²) >= 11 is 0. The molecule has 0 aromatic carbocycles. The van der Waals surface area contributed by atoms with Gasteiger partial charge in [0.15, 0.2) is 5.96 Å². The quantitative estimate of drug-likeness (QED) is 0.637. The first-order chi connectivity index (χ1) is 8.69. The van der Waals surface area contributed by atoms with Crippen LogP contribution >= 0.6 is 0 Å². The third kappa shape index (κ3) is 3.28. The van der Waals surface area contributed by atoms with Crippen LogP contribution in [-0.2, 0) is 0 Å². The third-order valence-corrected chi connectivity index (χ3v) is 3.30. The van der Waals surface area contributed by atoms with Gasteiger partial charge in [-0.2, -0.15) is 0 Å². The van der Waals surface area contributed by atoms with Crippen LogP contribution in [0.3, 0.4) is 0 Å². The molecule has 1 unspecified atom stereocenters. The number of nitrogens with zero attached hydrogens (tertiary/aromatic N) is 1. The molecule has 2 rings (SSSR count). The second-order valence-electron chi connectivity index (χ2n) is 4.91. The SMILES string of the molecule is CCN=C(NC1CCC1)NC(C)c1ccc(C)o1. The van der Waals surface area contributed by atoms with Gasteiger partial charge in [0.25, 0.3) is 0 Å². The fraction of sp³-hybridized carbons (Fsp3) is 0.643. The van der Waals surface area contributed by atoms with Crippen LogP contribution in [0.5, 0.6) is 0 Å². The van der Waals surface area contributed by atoms with Crippen LogP contribution in [-0.4, -0.2) is 18.5 Å². The lowest BCUT2D eigenvalue weighted by Crippen LogP contribution is -2.47. The molecule has 0 saturated heterocycles. The van der Waals surface area contributed by atoms with Gasteiger partial charge in [0.2, 0.25) is 0 Å². The van der Waals surface area contributed by atoms with Crippen molar-refractivity contribution in [2.75, 3.05) is 6.54 Å². The van der Waals surface area contributed by atoms with Gasteiger partial charge in [-0.05, 0) is 52.2 Å². The van der Waals surface area contributed by atoms with Crippen LogP contribution in [0.1, 0.15) is 50.7 Å². The molecule has 0 bridgehead atoms. The molecule has 0 amide bonds. The Balaban J connectivity index is 1.93. The maximum absolute atomic E-state index is 5.62. The first-order valence-corrected chi connectivity index (χ1v) is 6.83. The Bertz CT molecular complexity index is 407. The summed E-state index contributed by atoms with van der Waals surface area (Å²) in [6, 6.07) is 4.73. The average molecular weight is 249 g/mol. The summed E-state index contributed by atoms with van der Waals surface area (Å²) in [5.74, 6) is 2.79. The predicted molar refractivity (Wildman–Crippen MR) is 73.7 cm³/mol. The van der Waals surface area contributed by atoms with Crippen molar-refractivity contribution in [3.63, 3.8) is 0 Å². The van der Waals surface area contributed by atoms with E-state index in [1.165, 1.54) is 19.3 Å². The number of aliphatic imine (C=N–C) groups is 1. The molecule has 1 heterocycles. The van der Waals surface area contributed by atoms with Gasteiger partial charge in [-0.3, -0.25) is 4.99 Å². The Morgan fingerprint density at radius 2 is 2.28 bits per heavy atom. The van der Waals surface area contributed by atoms with E-state index >= 15 is 0 Å². The maximum Gasteiger partial charge on any atom is 0.192 e. The van der Waals surface area contributed by atoms with E-state index < -0.39 is 0 Å². The highest BCUT2D eigenvalue weighted by molar-refractivity contribution is 5.80. The number of aryl methyl sites for hydroxylation is 1. The van der Waals surface area contributed by atoms with Gasteiger partial charge >= 0.3 is 0 Å². The zero-order chi connectivity index (χ0) is 13.0. The first kappa shape index (κ1) is 13.0. The molecule has 0 spiro atoms. The second-order valence-corrected chi connectivity index (χ2v) is 4.91. The summed E-state index contributed by atoms with van der Waals surface area (Å²) < 4.78 is 5.62. The van der Waals surface area contributed by atoms with E-state index in [0.29, 0.717) is 6.04 Å². The molecule has 1 fully saturated rings. The fourth-order valence-corrected chi connectivity index (χ4v) is 2.00. The van der Waals surface area contributed by atoms with E-state index in [0.717, 1.165) is 24.0 Å². The Labute approximate surface area is 109 Å². The normalized spacial score (nSPS) is 18.3. The lowest BCUT2D eigenvalue weighted by Gasteiger charge is -2.29. The summed E-state index contributed by atoms with van der Waals surface area (Å²) in [7, 11) is 0. The van der Waals surface area contributed by atoms with Crippen molar-refractivity contribution in [1.82, 2.24) is 10.6 Å². The predicted octanol–water partition coefficient (Wildman–Crippen LogP) is 2.76. The highest BCUT2D eigenvalue weighted by Crippen LogP contribution is 2.19. The summed E-state index contributed by atoms with van der Waals surface area (Å²) in [5, 5.41) is 6.85. The number of hydrogen-bond acceptors (Lipinski definition) is 2. The van der Waals surface area contributed by atoms with Crippen molar-refractivity contribution in [3.8, 4) is 0 Å². The first-order valence-electron chi connectivity index (χ1n) is 6.83. The summed E-state index contributed by atoms with van der Waals surface area (Å²) in [4.78, 5) is 4.47. The van der Waals surface area contributed by atoms with E-state index in [2.05, 4.69) is 22.5 Å². The Hall–Kier alpha value is -1.45. The monoisotopic (exact) mass is 249 g/mol. The maximum atomic E-state index is 5.62. The van der Waals surface area contributed by atoms with Crippen LogP contribution in [0, 0.1) is 6.92 Å². The molecule has 0 aliphatic heterocycles. The minimum absolute atomic E-state index is 0.136. The van der Waals surface area contributed by atoms with Crippen LogP contribution in [0.25, 0.3) is 0 Å². The zero-order valence-electron chi connectivity index (χ0n) is 11.5. The molecule has 1 atom stereocenters. The molecule has 18 heavy (non-hydrogen) atoms. The molecule has 1 aliphatic carbocycles. The number of furan rings is 1.